The van der Waals surface area contributed by atoms with Gasteiger partial charge in [0.25, 0.3) is 0 Å². The van der Waals surface area contributed by atoms with Gasteiger partial charge in [-0.25, -0.2) is 4.98 Å². The molecule has 0 amide bonds. The Bertz CT molecular complexity index is 1260. The number of hydrogen-bond donors (Lipinski definition) is 0. The fourth-order valence-corrected chi connectivity index (χ4v) is 4.30. The van der Waals surface area contributed by atoms with Crippen molar-refractivity contribution in [3.05, 3.63) is 78.0 Å². The second-order valence-electron chi connectivity index (χ2n) is 8.89. The van der Waals surface area contributed by atoms with Crippen molar-refractivity contribution in [1.82, 2.24) is 9.55 Å². The van der Waals surface area contributed by atoms with E-state index >= 15 is 0 Å². The molecule has 0 aliphatic rings. The molecule has 2 aromatic carbocycles. The zero-order valence-electron chi connectivity index (χ0n) is 20.4. The fourth-order valence-electron chi connectivity index (χ4n) is 4.30. The van der Waals surface area contributed by atoms with Crippen molar-refractivity contribution in [2.75, 3.05) is 6.61 Å². The van der Waals surface area contributed by atoms with Crippen LogP contribution in [0.4, 0.5) is 0 Å². The third-order valence-electron chi connectivity index (χ3n) is 6.32. The molecular weight excluding hydrogens is 418 g/mol. The van der Waals surface area contributed by atoms with Gasteiger partial charge in [0.05, 0.1) is 34.5 Å². The van der Waals surface area contributed by atoms with Gasteiger partial charge in [0.1, 0.15) is 0 Å². The number of nitriles is 1. The zero-order chi connectivity index (χ0) is 23.9. The Balaban J connectivity index is 1.73. The van der Waals surface area contributed by atoms with Crippen LogP contribution in [0.15, 0.2) is 66.9 Å². The van der Waals surface area contributed by atoms with E-state index in [9.17, 15) is 5.26 Å². The first-order valence-corrected chi connectivity index (χ1v) is 12.3. The lowest BCUT2D eigenvalue weighted by molar-refractivity contribution is 0.0527. The van der Waals surface area contributed by atoms with Crippen LogP contribution in [-0.2, 0) is 17.7 Å². The lowest BCUT2D eigenvalue weighted by Gasteiger charge is -2.16. The molecule has 2 heterocycles. The van der Waals surface area contributed by atoms with E-state index in [4.69, 9.17) is 9.72 Å². The molecule has 0 aliphatic heterocycles. The smallest absolute Gasteiger partial charge is 0.0991 e. The molecule has 4 heteroatoms. The van der Waals surface area contributed by atoms with Crippen molar-refractivity contribution in [1.29, 1.82) is 5.26 Å². The minimum absolute atomic E-state index is 0.132. The first kappa shape index (κ1) is 23.7. The molecular formula is C30H33N3O. The topological polar surface area (TPSA) is 50.8 Å². The van der Waals surface area contributed by atoms with Crippen LogP contribution < -0.4 is 0 Å². The highest BCUT2D eigenvalue weighted by atomic mass is 16.5. The fraction of sp³-hybridized carbons (Fsp3) is 0.333. The van der Waals surface area contributed by atoms with Gasteiger partial charge >= 0.3 is 0 Å². The maximum absolute atomic E-state index is 9.23. The minimum Gasteiger partial charge on any atom is -0.377 e. The van der Waals surface area contributed by atoms with E-state index in [0.717, 1.165) is 59.4 Å². The predicted octanol–water partition coefficient (Wildman–Crippen LogP) is 7.40. The van der Waals surface area contributed by atoms with Crippen molar-refractivity contribution in [3.63, 3.8) is 0 Å². The van der Waals surface area contributed by atoms with Crippen LogP contribution in [0, 0.1) is 11.3 Å². The van der Waals surface area contributed by atoms with E-state index in [1.54, 1.807) is 0 Å². The zero-order valence-corrected chi connectivity index (χ0v) is 20.4. The first-order valence-electron chi connectivity index (χ1n) is 12.3. The number of aromatic nitrogens is 2. The van der Waals surface area contributed by atoms with Gasteiger partial charge < -0.3 is 9.30 Å². The van der Waals surface area contributed by atoms with Gasteiger partial charge in [-0.1, -0.05) is 63.1 Å². The maximum Gasteiger partial charge on any atom is 0.0991 e. The van der Waals surface area contributed by atoms with Gasteiger partial charge in [-0.3, -0.25) is 0 Å². The number of hydrogen-bond acceptors (Lipinski definition) is 3. The van der Waals surface area contributed by atoms with Crippen molar-refractivity contribution < 1.29 is 4.74 Å². The lowest BCUT2D eigenvalue weighted by Crippen LogP contribution is -2.16. The van der Waals surface area contributed by atoms with E-state index in [0.29, 0.717) is 5.56 Å². The highest BCUT2D eigenvalue weighted by molar-refractivity contribution is 5.90. The third kappa shape index (κ3) is 5.38. The largest absolute Gasteiger partial charge is 0.377 e. The summed E-state index contributed by atoms with van der Waals surface area (Å²) in [6.45, 7) is 8.10. The molecule has 0 spiro atoms. The number of ether oxygens (including phenoxy) is 1. The molecule has 4 nitrogen and oxygen atoms in total. The minimum atomic E-state index is 0.132. The average Bonchev–Trinajstić information content (AvgIpc) is 3.27. The highest BCUT2D eigenvalue weighted by Crippen LogP contribution is 2.34. The second kappa shape index (κ2) is 11.1. The molecule has 1 unspecified atom stereocenters. The molecule has 4 aromatic rings. The Labute approximate surface area is 202 Å². The van der Waals surface area contributed by atoms with Gasteiger partial charge in [0, 0.05) is 30.5 Å². The molecule has 0 aliphatic carbocycles. The van der Waals surface area contributed by atoms with Gasteiger partial charge in [0.2, 0.25) is 0 Å². The van der Waals surface area contributed by atoms with Crippen LogP contribution in [-0.4, -0.2) is 22.3 Å². The lowest BCUT2D eigenvalue weighted by atomic mass is 9.97. The van der Waals surface area contributed by atoms with Gasteiger partial charge in [-0.15, -0.1) is 0 Å². The molecule has 0 N–H and O–H groups in total. The van der Waals surface area contributed by atoms with Gasteiger partial charge in [-0.2, -0.15) is 5.26 Å². The predicted molar refractivity (Wildman–Crippen MR) is 140 cm³/mol. The summed E-state index contributed by atoms with van der Waals surface area (Å²) in [5.74, 6) is 0. The van der Waals surface area contributed by atoms with Crippen LogP contribution in [0.5, 0.6) is 0 Å². The summed E-state index contributed by atoms with van der Waals surface area (Å²) >= 11 is 0. The molecule has 0 fully saturated rings. The molecule has 4 rings (SSSR count). The van der Waals surface area contributed by atoms with Crippen LogP contribution >= 0.6 is 0 Å². The summed E-state index contributed by atoms with van der Waals surface area (Å²) in [6.07, 6.45) is 6.77. The summed E-state index contributed by atoms with van der Waals surface area (Å²) in [4.78, 5) is 5.11. The molecule has 1 atom stereocenters. The Hall–Kier alpha value is -3.42. The molecule has 0 bridgehead atoms. The number of fused-ring (bicyclic) bond motifs is 1. The number of benzene rings is 2. The van der Waals surface area contributed by atoms with Crippen LogP contribution in [0.25, 0.3) is 33.4 Å². The van der Waals surface area contributed by atoms with E-state index in [2.05, 4.69) is 74.0 Å². The monoisotopic (exact) mass is 451 g/mol. The van der Waals surface area contributed by atoms with Crippen molar-refractivity contribution in [3.8, 4) is 28.5 Å². The second-order valence-corrected chi connectivity index (χ2v) is 8.89. The quantitative estimate of drug-likeness (QED) is 0.236. The van der Waals surface area contributed by atoms with Crippen molar-refractivity contribution in [2.24, 2.45) is 0 Å². The van der Waals surface area contributed by atoms with Crippen LogP contribution in [0.1, 0.15) is 51.2 Å². The average molecular weight is 452 g/mol. The molecule has 0 saturated heterocycles. The number of pyridine rings is 1. The Kier molecular flexibility index (Phi) is 7.77. The Morgan fingerprint density at radius 1 is 0.971 bits per heavy atom. The number of rotatable bonds is 10. The van der Waals surface area contributed by atoms with Gasteiger partial charge in [0.15, 0.2) is 0 Å². The van der Waals surface area contributed by atoms with Gasteiger partial charge in [-0.05, 0) is 55.2 Å². The SMILES string of the molecule is CCCCCOC(C)Cn1ccc2nc(-c3ccc(CC)cc3)c(-c3ccc(C#N)cc3)cc21. The van der Waals surface area contributed by atoms with Crippen molar-refractivity contribution in [2.45, 2.75) is 59.1 Å². The number of nitrogens with zero attached hydrogens (tertiary/aromatic N) is 3. The standard InChI is InChI=1S/C30H33N3O/c1-4-6-7-18-34-22(3)21-33-17-16-28-29(33)19-27(25-12-10-24(20-31)11-13-25)30(32-28)26-14-8-23(5-2)9-15-26/h8-17,19,22H,4-7,18,21H2,1-3H3. The summed E-state index contributed by atoms with van der Waals surface area (Å²) in [5, 5.41) is 9.23. The number of aryl methyl sites for hydroxylation is 1. The number of unbranched alkanes of at least 4 members (excludes halogenated alkanes) is 2. The molecule has 0 radical (unpaired) electrons. The Morgan fingerprint density at radius 2 is 1.71 bits per heavy atom. The van der Waals surface area contributed by atoms with E-state index < -0.39 is 0 Å². The van der Waals surface area contributed by atoms with Crippen LogP contribution in [0.2, 0.25) is 0 Å². The van der Waals surface area contributed by atoms with Crippen molar-refractivity contribution >= 4 is 11.0 Å². The Morgan fingerprint density at radius 3 is 2.38 bits per heavy atom. The summed E-state index contributed by atoms with van der Waals surface area (Å²) in [7, 11) is 0. The van der Waals surface area contributed by atoms with E-state index in [1.165, 1.54) is 18.4 Å². The summed E-state index contributed by atoms with van der Waals surface area (Å²) in [6, 6.07) is 23.0. The third-order valence-corrected chi connectivity index (χ3v) is 6.32. The molecule has 174 valence electrons. The summed E-state index contributed by atoms with van der Waals surface area (Å²) < 4.78 is 8.29. The van der Waals surface area contributed by atoms with E-state index in [1.807, 2.05) is 24.3 Å². The van der Waals surface area contributed by atoms with E-state index in [-0.39, 0.29) is 6.10 Å². The molecule has 34 heavy (non-hydrogen) atoms. The normalized spacial score (nSPS) is 12.1. The highest BCUT2D eigenvalue weighted by Gasteiger charge is 2.15. The maximum atomic E-state index is 9.23. The first-order chi connectivity index (χ1) is 16.6. The van der Waals surface area contributed by atoms with Crippen LogP contribution in [0.3, 0.4) is 0 Å². The molecule has 2 aromatic heterocycles. The molecule has 0 saturated carbocycles. The summed E-state index contributed by atoms with van der Waals surface area (Å²) in [5.41, 5.74) is 8.22.